The van der Waals surface area contributed by atoms with Crippen LogP contribution < -0.4 is 10.9 Å². The Kier molecular flexibility index (Phi) is 4.39. The first kappa shape index (κ1) is 14.6. The van der Waals surface area contributed by atoms with Gasteiger partial charge in [-0.2, -0.15) is 0 Å². The van der Waals surface area contributed by atoms with E-state index in [4.69, 9.17) is 14.2 Å². The van der Waals surface area contributed by atoms with Gasteiger partial charge in [-0.25, -0.2) is 9.82 Å². The number of hydrazine groups is 1. The highest BCUT2D eigenvalue weighted by molar-refractivity contribution is 5.76. The van der Waals surface area contributed by atoms with Crippen molar-refractivity contribution >= 4 is 5.91 Å². The molecule has 19 heavy (non-hydrogen) atoms. The number of carbonyl (C=O) groups excluding carboxylic acids is 1. The summed E-state index contributed by atoms with van der Waals surface area (Å²) in [5.41, 5.74) is 3.76. The fourth-order valence-electron chi connectivity index (χ4n) is 2.26. The maximum absolute atomic E-state index is 14.1. The van der Waals surface area contributed by atoms with Crippen molar-refractivity contribution in [3.63, 3.8) is 0 Å². The van der Waals surface area contributed by atoms with Gasteiger partial charge in [-0.05, 0) is 20.3 Å². The molecule has 110 valence electrons. The van der Waals surface area contributed by atoms with E-state index in [-0.39, 0.29) is 18.9 Å². The summed E-state index contributed by atoms with van der Waals surface area (Å²) in [5.74, 6) is -1.16. The lowest BCUT2D eigenvalue weighted by atomic mass is 9.95. The topological polar surface area (TPSA) is 68.8 Å². The van der Waals surface area contributed by atoms with Crippen molar-refractivity contribution in [3.05, 3.63) is 0 Å². The summed E-state index contributed by atoms with van der Waals surface area (Å²) >= 11 is 0. The molecular weight excluding hydrogens is 255 g/mol. The molecule has 0 aromatic heterocycles. The maximum atomic E-state index is 14.1. The van der Waals surface area contributed by atoms with Crippen LogP contribution in [0.25, 0.3) is 0 Å². The van der Waals surface area contributed by atoms with Crippen LogP contribution in [-0.4, -0.2) is 49.8 Å². The second kappa shape index (κ2) is 5.70. The average Bonchev–Trinajstić information content (AvgIpc) is 2.73. The second-order valence-corrected chi connectivity index (χ2v) is 5.37. The first-order valence-electron chi connectivity index (χ1n) is 6.50. The number of hydrogen-bond donors (Lipinski definition) is 2. The van der Waals surface area contributed by atoms with Crippen molar-refractivity contribution in [3.8, 4) is 0 Å². The molecule has 2 atom stereocenters. The van der Waals surface area contributed by atoms with Crippen LogP contribution >= 0.6 is 0 Å². The standard InChI is InChI=1S/C12H21FN2O4/c1-11(13)8-17-4-3-9(11)14-15-10(16)7-12(2)18-5-6-19-12/h9,14H,3-8H2,1-2H3,(H,15,16). The minimum atomic E-state index is -1.49. The highest BCUT2D eigenvalue weighted by Gasteiger charge is 2.38. The Morgan fingerprint density at radius 1 is 1.32 bits per heavy atom. The van der Waals surface area contributed by atoms with Crippen molar-refractivity contribution in [1.82, 2.24) is 10.9 Å². The van der Waals surface area contributed by atoms with Gasteiger partial charge < -0.3 is 14.2 Å². The van der Waals surface area contributed by atoms with E-state index in [1.165, 1.54) is 6.92 Å². The summed E-state index contributed by atoms with van der Waals surface area (Å²) in [4.78, 5) is 11.8. The van der Waals surface area contributed by atoms with E-state index in [9.17, 15) is 9.18 Å². The maximum Gasteiger partial charge on any atom is 0.239 e. The molecule has 1 amide bonds. The average molecular weight is 276 g/mol. The van der Waals surface area contributed by atoms with Crippen LogP contribution in [0.1, 0.15) is 26.7 Å². The van der Waals surface area contributed by atoms with Crippen LogP contribution in [-0.2, 0) is 19.0 Å². The van der Waals surface area contributed by atoms with E-state index < -0.39 is 17.5 Å². The zero-order valence-corrected chi connectivity index (χ0v) is 11.3. The first-order valence-corrected chi connectivity index (χ1v) is 6.50. The van der Waals surface area contributed by atoms with Crippen LogP contribution in [0.15, 0.2) is 0 Å². The zero-order valence-electron chi connectivity index (χ0n) is 11.3. The molecule has 2 aliphatic rings. The molecule has 0 saturated carbocycles. The minimum absolute atomic E-state index is 0.0322. The number of halogens is 1. The Bertz CT molecular complexity index is 332. The smallest absolute Gasteiger partial charge is 0.239 e. The molecule has 0 aromatic carbocycles. The SMILES string of the molecule is CC1(CC(=O)NNC2CCOCC2(C)F)OCCO1. The molecule has 2 rings (SSSR count). The Morgan fingerprint density at radius 3 is 2.63 bits per heavy atom. The van der Waals surface area contributed by atoms with E-state index in [1.54, 1.807) is 6.92 Å². The lowest BCUT2D eigenvalue weighted by Crippen LogP contribution is -2.58. The lowest BCUT2D eigenvalue weighted by Gasteiger charge is -2.35. The summed E-state index contributed by atoms with van der Waals surface area (Å²) in [5, 5.41) is 0. The van der Waals surface area contributed by atoms with Crippen molar-refractivity contribution in [2.45, 2.75) is 44.2 Å². The molecule has 2 aliphatic heterocycles. The number of rotatable bonds is 4. The molecule has 2 saturated heterocycles. The Hall–Kier alpha value is -0.760. The van der Waals surface area contributed by atoms with Gasteiger partial charge in [0.15, 0.2) is 5.79 Å². The molecular formula is C12H21FN2O4. The number of ether oxygens (including phenoxy) is 3. The van der Waals surface area contributed by atoms with Crippen LogP contribution in [0, 0.1) is 0 Å². The van der Waals surface area contributed by atoms with E-state index in [1.807, 2.05) is 0 Å². The van der Waals surface area contributed by atoms with Gasteiger partial charge in [0.1, 0.15) is 5.67 Å². The highest BCUT2D eigenvalue weighted by atomic mass is 19.1. The molecule has 0 aliphatic carbocycles. The first-order chi connectivity index (χ1) is 8.91. The fourth-order valence-corrected chi connectivity index (χ4v) is 2.26. The number of nitrogens with one attached hydrogen (secondary N) is 2. The number of alkyl halides is 1. The molecule has 0 bridgehead atoms. The Labute approximate surface area is 111 Å². The van der Waals surface area contributed by atoms with Gasteiger partial charge in [0.05, 0.1) is 32.3 Å². The predicted octanol–water partition coefficient (Wildman–Crippen LogP) is 0.277. The molecule has 2 fully saturated rings. The summed E-state index contributed by atoms with van der Waals surface area (Å²) in [6, 6.07) is -0.455. The number of carbonyl (C=O) groups is 1. The number of amides is 1. The summed E-state index contributed by atoms with van der Waals surface area (Å²) in [6.45, 7) is 4.66. The van der Waals surface area contributed by atoms with Crippen molar-refractivity contribution < 1.29 is 23.4 Å². The number of hydrogen-bond acceptors (Lipinski definition) is 5. The summed E-state index contributed by atoms with van der Waals surface area (Å²) in [6.07, 6.45) is 0.587. The van der Waals surface area contributed by atoms with Gasteiger partial charge in [-0.3, -0.25) is 10.2 Å². The van der Waals surface area contributed by atoms with Gasteiger partial charge in [-0.15, -0.1) is 0 Å². The summed E-state index contributed by atoms with van der Waals surface area (Å²) < 4.78 is 29.8. The molecule has 2 unspecified atom stereocenters. The Morgan fingerprint density at radius 2 is 2.00 bits per heavy atom. The van der Waals surface area contributed by atoms with E-state index in [0.717, 1.165) is 0 Å². The molecule has 6 nitrogen and oxygen atoms in total. The van der Waals surface area contributed by atoms with Crippen LogP contribution in [0.5, 0.6) is 0 Å². The molecule has 2 heterocycles. The van der Waals surface area contributed by atoms with E-state index >= 15 is 0 Å². The summed E-state index contributed by atoms with van der Waals surface area (Å²) in [7, 11) is 0. The van der Waals surface area contributed by atoms with Gasteiger partial charge in [0.2, 0.25) is 5.91 Å². The Balaban J connectivity index is 1.76. The minimum Gasteiger partial charge on any atom is -0.378 e. The van der Waals surface area contributed by atoms with Gasteiger partial charge >= 0.3 is 0 Å². The van der Waals surface area contributed by atoms with Gasteiger partial charge in [-0.1, -0.05) is 0 Å². The third kappa shape index (κ3) is 3.85. The van der Waals surface area contributed by atoms with E-state index in [2.05, 4.69) is 10.9 Å². The van der Waals surface area contributed by atoms with Crippen LogP contribution in [0.2, 0.25) is 0 Å². The molecule has 2 N–H and O–H groups in total. The fraction of sp³-hybridized carbons (Fsp3) is 0.917. The second-order valence-electron chi connectivity index (χ2n) is 5.37. The van der Waals surface area contributed by atoms with Crippen LogP contribution in [0.4, 0.5) is 4.39 Å². The van der Waals surface area contributed by atoms with E-state index in [0.29, 0.717) is 26.2 Å². The third-order valence-electron chi connectivity index (χ3n) is 3.43. The van der Waals surface area contributed by atoms with Crippen LogP contribution in [0.3, 0.4) is 0 Å². The lowest BCUT2D eigenvalue weighted by molar-refractivity contribution is -0.160. The monoisotopic (exact) mass is 276 g/mol. The van der Waals surface area contributed by atoms with Crippen molar-refractivity contribution in [1.29, 1.82) is 0 Å². The predicted molar refractivity (Wildman–Crippen MR) is 64.9 cm³/mol. The molecule has 0 radical (unpaired) electrons. The highest BCUT2D eigenvalue weighted by Crippen LogP contribution is 2.24. The quantitative estimate of drug-likeness (QED) is 0.722. The third-order valence-corrected chi connectivity index (χ3v) is 3.43. The molecule has 0 aromatic rings. The van der Waals surface area contributed by atoms with Crippen molar-refractivity contribution in [2.75, 3.05) is 26.4 Å². The molecule has 7 heteroatoms. The van der Waals surface area contributed by atoms with Gasteiger partial charge in [0, 0.05) is 6.61 Å². The van der Waals surface area contributed by atoms with Crippen molar-refractivity contribution in [2.24, 2.45) is 0 Å². The largest absolute Gasteiger partial charge is 0.378 e. The normalized spacial score (nSPS) is 34.2. The van der Waals surface area contributed by atoms with Gasteiger partial charge in [0.25, 0.3) is 0 Å². The molecule has 0 spiro atoms. The zero-order chi connectivity index (χ0) is 13.9.